The van der Waals surface area contributed by atoms with Gasteiger partial charge in [-0.05, 0) is 17.7 Å². The van der Waals surface area contributed by atoms with Gasteiger partial charge in [-0.3, -0.25) is 0 Å². The molecule has 0 bridgehead atoms. The third-order valence-electron chi connectivity index (χ3n) is 3.84. The van der Waals surface area contributed by atoms with Crippen molar-refractivity contribution in [2.45, 2.75) is 31.7 Å². The van der Waals surface area contributed by atoms with Crippen LogP contribution in [0.25, 0.3) is 0 Å². The van der Waals surface area contributed by atoms with Gasteiger partial charge in [-0.25, -0.2) is 0 Å². The van der Waals surface area contributed by atoms with E-state index in [2.05, 4.69) is 97.0 Å². The third kappa shape index (κ3) is 3.27. The maximum Gasteiger partial charge on any atom is 0.0789 e. The van der Waals surface area contributed by atoms with Crippen molar-refractivity contribution < 1.29 is 0 Å². The smallest absolute Gasteiger partial charge is 0.0789 e. The van der Waals surface area contributed by atoms with E-state index in [4.69, 9.17) is 0 Å². The Balaban J connectivity index is 1.88. The first-order chi connectivity index (χ1) is 10.1. The summed E-state index contributed by atoms with van der Waals surface area (Å²) in [6, 6.07) is 22.6. The van der Waals surface area contributed by atoms with Crippen LogP contribution in [0.2, 0.25) is 19.6 Å². The maximum atomic E-state index is 2.51. The number of anilines is 1. The van der Waals surface area contributed by atoms with Crippen molar-refractivity contribution >= 4 is 13.8 Å². The Labute approximate surface area is 128 Å². The lowest BCUT2D eigenvalue weighted by molar-refractivity contribution is 1.09. The monoisotopic (exact) mass is 293 g/mol. The summed E-state index contributed by atoms with van der Waals surface area (Å²) < 4.78 is 0. The van der Waals surface area contributed by atoms with Gasteiger partial charge in [-0.1, -0.05) is 79.9 Å². The second-order valence-electron chi connectivity index (χ2n) is 6.81. The third-order valence-corrected chi connectivity index (χ3v) is 5.04. The van der Waals surface area contributed by atoms with Crippen LogP contribution in [0.4, 0.5) is 5.69 Å². The van der Waals surface area contributed by atoms with Crippen molar-refractivity contribution in [3.8, 4) is 0 Å². The summed E-state index contributed by atoms with van der Waals surface area (Å²) in [6.07, 6.45) is 2.43. The van der Waals surface area contributed by atoms with Crippen LogP contribution in [-0.4, -0.2) is 14.1 Å². The number of benzene rings is 2. The molecular weight excluding hydrogens is 270 g/mol. The fourth-order valence-electron chi connectivity index (χ4n) is 2.78. The molecule has 3 rings (SSSR count). The van der Waals surface area contributed by atoms with Crippen molar-refractivity contribution in [3.63, 3.8) is 0 Å². The first-order valence-electron chi connectivity index (χ1n) is 7.64. The lowest BCUT2D eigenvalue weighted by Crippen LogP contribution is -2.16. The van der Waals surface area contributed by atoms with Crippen molar-refractivity contribution in [2.24, 2.45) is 0 Å². The van der Waals surface area contributed by atoms with Crippen LogP contribution in [0.1, 0.15) is 11.6 Å². The summed E-state index contributed by atoms with van der Waals surface area (Å²) in [5, 5.41) is 0. The zero-order valence-electron chi connectivity index (χ0n) is 13.0. The molecule has 2 atom stereocenters. The van der Waals surface area contributed by atoms with Crippen LogP contribution in [-0.2, 0) is 0 Å². The van der Waals surface area contributed by atoms with Gasteiger partial charge >= 0.3 is 0 Å². The summed E-state index contributed by atoms with van der Waals surface area (Å²) in [5.41, 5.74) is 5.19. The van der Waals surface area contributed by atoms with Crippen LogP contribution < -0.4 is 4.90 Å². The highest BCUT2D eigenvalue weighted by atomic mass is 28.3. The van der Waals surface area contributed by atoms with E-state index in [1.54, 1.807) is 0 Å². The van der Waals surface area contributed by atoms with Crippen molar-refractivity contribution in [3.05, 3.63) is 78.0 Å². The molecule has 1 heterocycles. The summed E-state index contributed by atoms with van der Waals surface area (Å²) in [6.45, 7) is 7.16. The summed E-state index contributed by atoms with van der Waals surface area (Å²) in [5.74, 6) is 0. The Morgan fingerprint density at radius 2 is 1.43 bits per heavy atom. The molecular formula is C19H23NSi. The van der Waals surface area contributed by atoms with Crippen molar-refractivity contribution in [1.82, 2.24) is 0 Å². The molecule has 2 aromatic rings. The van der Waals surface area contributed by atoms with E-state index in [-0.39, 0.29) is 0 Å². The number of para-hydroxylation sites is 1. The topological polar surface area (TPSA) is 3.01 Å². The lowest BCUT2D eigenvalue weighted by Gasteiger charge is -2.08. The highest BCUT2D eigenvalue weighted by molar-refractivity contribution is 6.80. The van der Waals surface area contributed by atoms with E-state index in [1.165, 1.54) is 11.3 Å². The van der Waals surface area contributed by atoms with Crippen LogP contribution in [0, 0.1) is 0 Å². The predicted molar refractivity (Wildman–Crippen MR) is 94.4 cm³/mol. The molecule has 0 aliphatic carbocycles. The van der Waals surface area contributed by atoms with Crippen LogP contribution in [0.15, 0.2) is 72.4 Å². The summed E-state index contributed by atoms with van der Waals surface area (Å²) >= 11 is 0. The molecule has 21 heavy (non-hydrogen) atoms. The summed E-state index contributed by atoms with van der Waals surface area (Å²) in [4.78, 5) is 2.51. The fourth-order valence-corrected chi connectivity index (χ4v) is 3.55. The molecule has 1 aliphatic heterocycles. The molecule has 0 N–H and O–H groups in total. The number of rotatable bonds is 4. The van der Waals surface area contributed by atoms with E-state index in [1.807, 2.05) is 0 Å². The maximum absolute atomic E-state index is 2.51. The molecule has 0 aromatic heterocycles. The SMILES string of the molecule is C[Si](C)(C)C=C[C@@H]1[C@H](c2ccccc2)N1c1ccccc1. The zero-order chi connectivity index (χ0) is 14.9. The van der Waals surface area contributed by atoms with Gasteiger partial charge in [0, 0.05) is 5.69 Å². The van der Waals surface area contributed by atoms with E-state index < -0.39 is 8.07 Å². The van der Waals surface area contributed by atoms with Gasteiger partial charge in [-0.15, -0.1) is 0 Å². The van der Waals surface area contributed by atoms with Crippen LogP contribution in [0.5, 0.6) is 0 Å². The largest absolute Gasteiger partial charge is 0.353 e. The average Bonchev–Trinajstić information content (AvgIpc) is 3.21. The van der Waals surface area contributed by atoms with Gasteiger partial charge in [0.1, 0.15) is 0 Å². The molecule has 0 amide bonds. The van der Waals surface area contributed by atoms with Crippen molar-refractivity contribution in [2.75, 3.05) is 4.90 Å². The Morgan fingerprint density at radius 3 is 2.00 bits per heavy atom. The molecule has 108 valence electrons. The Bertz CT molecular complexity index is 568. The summed E-state index contributed by atoms with van der Waals surface area (Å²) in [7, 11) is -1.15. The van der Waals surface area contributed by atoms with E-state index in [0.29, 0.717) is 12.1 Å². The quantitative estimate of drug-likeness (QED) is 0.563. The molecule has 1 saturated heterocycles. The highest BCUT2D eigenvalue weighted by Crippen LogP contribution is 2.47. The molecule has 0 unspecified atom stereocenters. The highest BCUT2D eigenvalue weighted by Gasteiger charge is 2.46. The number of nitrogens with zero attached hydrogens (tertiary/aromatic N) is 1. The minimum atomic E-state index is -1.15. The first-order valence-corrected chi connectivity index (χ1v) is 11.2. The molecule has 1 aliphatic rings. The Morgan fingerprint density at radius 1 is 0.857 bits per heavy atom. The standard InChI is InChI=1S/C19H23NSi/c1-21(2,3)15-14-18-19(16-10-6-4-7-11-16)20(18)17-12-8-5-9-13-17/h4-15,18-19H,1-3H3/t18-,19+,20?/m1/s1. The van der Waals surface area contributed by atoms with Crippen LogP contribution >= 0.6 is 0 Å². The first kappa shape index (κ1) is 14.1. The van der Waals surface area contributed by atoms with Gasteiger partial charge in [0.2, 0.25) is 0 Å². The molecule has 0 saturated carbocycles. The van der Waals surface area contributed by atoms with E-state index in [9.17, 15) is 0 Å². The fraction of sp³-hybridized carbons (Fsp3) is 0.263. The molecule has 2 aromatic carbocycles. The normalized spacial score (nSPS) is 21.8. The average molecular weight is 293 g/mol. The molecule has 0 radical (unpaired) electrons. The Kier molecular flexibility index (Phi) is 3.73. The van der Waals surface area contributed by atoms with Crippen LogP contribution in [0.3, 0.4) is 0 Å². The number of hydrogen-bond acceptors (Lipinski definition) is 1. The van der Waals surface area contributed by atoms with E-state index in [0.717, 1.165) is 0 Å². The predicted octanol–water partition coefficient (Wildman–Crippen LogP) is 5.05. The van der Waals surface area contributed by atoms with Gasteiger partial charge in [0.25, 0.3) is 0 Å². The van der Waals surface area contributed by atoms with Gasteiger partial charge in [0.15, 0.2) is 0 Å². The second kappa shape index (κ2) is 5.53. The molecule has 0 spiro atoms. The minimum absolute atomic E-state index is 0.487. The van der Waals surface area contributed by atoms with Gasteiger partial charge < -0.3 is 4.90 Å². The lowest BCUT2D eigenvalue weighted by atomic mass is 10.1. The molecule has 2 heteroatoms. The van der Waals surface area contributed by atoms with Gasteiger partial charge in [0.05, 0.1) is 20.2 Å². The van der Waals surface area contributed by atoms with E-state index >= 15 is 0 Å². The molecule has 1 fully saturated rings. The Hall–Kier alpha value is -1.80. The second-order valence-corrected chi connectivity index (χ2v) is 11.9. The number of hydrogen-bond donors (Lipinski definition) is 0. The van der Waals surface area contributed by atoms with Crippen molar-refractivity contribution in [1.29, 1.82) is 0 Å². The zero-order valence-corrected chi connectivity index (χ0v) is 14.0. The van der Waals surface area contributed by atoms with Gasteiger partial charge in [-0.2, -0.15) is 0 Å². The molecule has 1 nitrogen and oxygen atoms in total. The minimum Gasteiger partial charge on any atom is -0.353 e.